The molecule has 7 heteroatoms. The maximum atomic E-state index is 12.1. The van der Waals surface area contributed by atoms with Crippen molar-refractivity contribution in [2.45, 2.75) is 25.8 Å². The predicted molar refractivity (Wildman–Crippen MR) is 132 cm³/mol. The first-order valence-corrected chi connectivity index (χ1v) is 9.98. The normalized spacial score (nSPS) is 15.7. The van der Waals surface area contributed by atoms with Gasteiger partial charge in [0.15, 0.2) is 5.96 Å². The van der Waals surface area contributed by atoms with Crippen LogP contribution >= 0.6 is 24.0 Å². The number of rotatable bonds is 5. The van der Waals surface area contributed by atoms with Crippen LogP contribution in [-0.4, -0.2) is 29.9 Å². The number of benzene rings is 2. The number of hydrogen-bond donors (Lipinski definition) is 3. The lowest BCUT2D eigenvalue weighted by Crippen LogP contribution is -2.40. The quantitative estimate of drug-likeness (QED) is 0.273. The van der Waals surface area contributed by atoms with Gasteiger partial charge in [0.2, 0.25) is 5.91 Å². The molecule has 2 heterocycles. The molecule has 1 unspecified atom stereocenters. The van der Waals surface area contributed by atoms with Gasteiger partial charge < -0.3 is 16.0 Å². The number of hydrogen-bond acceptors (Lipinski definition) is 3. The molecule has 1 atom stereocenters. The van der Waals surface area contributed by atoms with Crippen molar-refractivity contribution in [2.24, 2.45) is 4.99 Å². The molecule has 1 aliphatic heterocycles. The topological polar surface area (TPSA) is 78.4 Å². The Labute approximate surface area is 193 Å². The molecule has 0 saturated carbocycles. The lowest BCUT2D eigenvalue weighted by atomic mass is 9.90. The van der Waals surface area contributed by atoms with Gasteiger partial charge in [0.25, 0.3) is 0 Å². The second-order valence-electron chi connectivity index (χ2n) is 7.10. The second kappa shape index (κ2) is 10.4. The van der Waals surface area contributed by atoms with E-state index in [1.807, 2.05) is 55.6 Å². The minimum absolute atomic E-state index is 0. The smallest absolute Gasteiger partial charge is 0.225 e. The number of nitrogens with zero attached hydrogens (tertiary/aromatic N) is 2. The fourth-order valence-electron chi connectivity index (χ4n) is 3.70. The van der Waals surface area contributed by atoms with Crippen LogP contribution in [-0.2, 0) is 11.3 Å². The van der Waals surface area contributed by atoms with Crippen molar-refractivity contribution in [3.63, 3.8) is 0 Å². The summed E-state index contributed by atoms with van der Waals surface area (Å²) in [4.78, 5) is 21.2. The van der Waals surface area contributed by atoms with Crippen LogP contribution in [0.1, 0.15) is 30.4 Å². The molecule has 1 amide bonds. The van der Waals surface area contributed by atoms with Crippen molar-refractivity contribution in [2.75, 3.05) is 18.4 Å². The molecule has 1 aliphatic rings. The standard InChI is InChI=1S/C23H25N5O.HI/c1-2-24-23(26-14-16-11-12-25-20-9-5-3-7-18(16)20)27-15-17-13-22(29)28-21-10-6-4-8-19(17)21;/h3-12,17H,2,13-15H2,1H3,(H,28,29)(H2,24,26,27);1H. The molecule has 0 spiro atoms. The Balaban J connectivity index is 0.00000256. The summed E-state index contributed by atoms with van der Waals surface area (Å²) in [7, 11) is 0. The third-order valence-corrected chi connectivity index (χ3v) is 5.11. The third-order valence-electron chi connectivity index (χ3n) is 5.11. The predicted octanol–water partition coefficient (Wildman–Crippen LogP) is 4.03. The van der Waals surface area contributed by atoms with Gasteiger partial charge in [0.05, 0.1) is 12.1 Å². The third kappa shape index (κ3) is 5.08. The van der Waals surface area contributed by atoms with Crippen molar-refractivity contribution in [1.29, 1.82) is 0 Å². The summed E-state index contributed by atoms with van der Waals surface area (Å²) in [6.07, 6.45) is 2.30. The minimum Gasteiger partial charge on any atom is -0.357 e. The number of nitrogens with one attached hydrogen (secondary N) is 3. The molecule has 4 rings (SSSR count). The summed E-state index contributed by atoms with van der Waals surface area (Å²) >= 11 is 0. The number of guanidine groups is 1. The summed E-state index contributed by atoms with van der Waals surface area (Å²) < 4.78 is 0. The Hall–Kier alpha value is -2.68. The number of halogens is 1. The Bertz CT molecular complexity index is 1050. The van der Waals surface area contributed by atoms with Crippen LogP contribution < -0.4 is 16.0 Å². The van der Waals surface area contributed by atoms with Gasteiger partial charge in [0, 0.05) is 42.7 Å². The number of para-hydroxylation sites is 2. The molecule has 156 valence electrons. The van der Waals surface area contributed by atoms with E-state index in [1.54, 1.807) is 0 Å². The molecule has 2 aromatic carbocycles. The molecule has 0 saturated heterocycles. The van der Waals surface area contributed by atoms with Crippen LogP contribution in [0.3, 0.4) is 0 Å². The van der Waals surface area contributed by atoms with Crippen LogP contribution in [0.4, 0.5) is 5.69 Å². The van der Waals surface area contributed by atoms with Crippen LogP contribution in [0.15, 0.2) is 65.8 Å². The highest BCUT2D eigenvalue weighted by atomic mass is 127. The van der Waals surface area contributed by atoms with Gasteiger partial charge in [-0.25, -0.2) is 4.99 Å². The van der Waals surface area contributed by atoms with E-state index >= 15 is 0 Å². The van der Waals surface area contributed by atoms with Crippen LogP contribution in [0.5, 0.6) is 0 Å². The largest absolute Gasteiger partial charge is 0.357 e. The van der Waals surface area contributed by atoms with E-state index in [-0.39, 0.29) is 35.8 Å². The number of aromatic nitrogens is 1. The molecular formula is C23H26IN5O. The van der Waals surface area contributed by atoms with Crippen molar-refractivity contribution < 1.29 is 4.79 Å². The Kier molecular flexibility index (Phi) is 7.62. The molecule has 0 aliphatic carbocycles. The van der Waals surface area contributed by atoms with E-state index in [0.29, 0.717) is 19.5 Å². The summed E-state index contributed by atoms with van der Waals surface area (Å²) in [6.45, 7) is 4.01. The molecule has 0 radical (unpaired) electrons. The van der Waals surface area contributed by atoms with E-state index in [9.17, 15) is 4.79 Å². The number of pyridine rings is 1. The van der Waals surface area contributed by atoms with Crippen molar-refractivity contribution in [3.05, 3.63) is 71.9 Å². The summed E-state index contributed by atoms with van der Waals surface area (Å²) in [6, 6.07) is 18.1. The SMILES string of the molecule is CCNC(=NCc1ccnc2ccccc12)NCC1CC(=O)Nc2ccccc21.I. The first kappa shape index (κ1) is 22.0. The van der Waals surface area contributed by atoms with Gasteiger partial charge >= 0.3 is 0 Å². The van der Waals surface area contributed by atoms with Gasteiger partial charge in [-0.15, -0.1) is 24.0 Å². The van der Waals surface area contributed by atoms with Crippen molar-refractivity contribution in [3.8, 4) is 0 Å². The maximum Gasteiger partial charge on any atom is 0.225 e. The van der Waals surface area contributed by atoms with Gasteiger partial charge in [-0.1, -0.05) is 36.4 Å². The number of aliphatic imine (C=N–C) groups is 1. The van der Waals surface area contributed by atoms with E-state index in [2.05, 4.69) is 33.1 Å². The second-order valence-corrected chi connectivity index (χ2v) is 7.10. The highest BCUT2D eigenvalue weighted by Gasteiger charge is 2.24. The molecule has 1 aromatic heterocycles. The van der Waals surface area contributed by atoms with E-state index < -0.39 is 0 Å². The number of amides is 1. The molecule has 0 bridgehead atoms. The van der Waals surface area contributed by atoms with Gasteiger partial charge in [-0.3, -0.25) is 9.78 Å². The zero-order valence-electron chi connectivity index (χ0n) is 16.9. The highest BCUT2D eigenvalue weighted by Crippen LogP contribution is 2.31. The van der Waals surface area contributed by atoms with E-state index in [0.717, 1.165) is 40.2 Å². The van der Waals surface area contributed by atoms with Crippen molar-refractivity contribution >= 4 is 52.4 Å². The lowest BCUT2D eigenvalue weighted by Gasteiger charge is -2.26. The van der Waals surface area contributed by atoms with Crippen LogP contribution in [0, 0.1) is 0 Å². The van der Waals surface area contributed by atoms with Crippen LogP contribution in [0.2, 0.25) is 0 Å². The lowest BCUT2D eigenvalue weighted by molar-refractivity contribution is -0.116. The average Bonchev–Trinajstić information content (AvgIpc) is 2.75. The van der Waals surface area contributed by atoms with Gasteiger partial charge in [0.1, 0.15) is 0 Å². The fourth-order valence-corrected chi connectivity index (χ4v) is 3.70. The number of carbonyl (C=O) groups is 1. The molecule has 30 heavy (non-hydrogen) atoms. The van der Waals surface area contributed by atoms with E-state index in [1.165, 1.54) is 0 Å². The zero-order valence-corrected chi connectivity index (χ0v) is 19.2. The number of anilines is 1. The average molecular weight is 515 g/mol. The monoisotopic (exact) mass is 515 g/mol. The number of carbonyl (C=O) groups excluding carboxylic acids is 1. The molecule has 3 N–H and O–H groups in total. The number of fused-ring (bicyclic) bond motifs is 2. The molecule has 6 nitrogen and oxygen atoms in total. The van der Waals surface area contributed by atoms with Crippen LogP contribution in [0.25, 0.3) is 10.9 Å². The minimum atomic E-state index is 0. The highest BCUT2D eigenvalue weighted by molar-refractivity contribution is 14.0. The van der Waals surface area contributed by atoms with Crippen molar-refractivity contribution in [1.82, 2.24) is 15.6 Å². The molecule has 3 aromatic rings. The molecular weight excluding hydrogens is 489 g/mol. The maximum absolute atomic E-state index is 12.1. The summed E-state index contributed by atoms with van der Waals surface area (Å²) in [5, 5.41) is 10.8. The first-order valence-electron chi connectivity index (χ1n) is 9.98. The van der Waals surface area contributed by atoms with Gasteiger partial charge in [-0.05, 0) is 36.2 Å². The first-order chi connectivity index (χ1) is 14.2. The van der Waals surface area contributed by atoms with Gasteiger partial charge in [-0.2, -0.15) is 0 Å². The Morgan fingerprint density at radius 1 is 1.13 bits per heavy atom. The summed E-state index contributed by atoms with van der Waals surface area (Å²) in [5.74, 6) is 0.920. The fraction of sp³-hybridized carbons (Fsp3) is 0.261. The zero-order chi connectivity index (χ0) is 20.1. The Morgan fingerprint density at radius 3 is 2.80 bits per heavy atom. The summed E-state index contributed by atoms with van der Waals surface area (Å²) in [5.41, 5.74) is 4.18. The Morgan fingerprint density at radius 2 is 1.93 bits per heavy atom. The molecule has 0 fully saturated rings. The van der Waals surface area contributed by atoms with E-state index in [4.69, 9.17) is 4.99 Å².